The highest BCUT2D eigenvalue weighted by Gasteiger charge is 2.22. The van der Waals surface area contributed by atoms with Crippen LogP contribution < -0.4 is 10.1 Å². The molecule has 0 saturated heterocycles. The SMILES string of the molecule is COc1ccc(C(C)=O)cc1CS(=O)(=O)CC(=O)NC1CCCCCC1. The molecule has 1 aliphatic rings. The molecular weight excluding hydrogens is 354 g/mol. The van der Waals surface area contributed by atoms with E-state index in [9.17, 15) is 18.0 Å². The fraction of sp³-hybridized carbons (Fsp3) is 0.579. The van der Waals surface area contributed by atoms with Gasteiger partial charge in [-0.05, 0) is 38.0 Å². The van der Waals surface area contributed by atoms with Gasteiger partial charge in [0.25, 0.3) is 0 Å². The summed E-state index contributed by atoms with van der Waals surface area (Å²) in [5, 5.41) is 2.86. The predicted octanol–water partition coefficient (Wildman–Crippen LogP) is 2.65. The Labute approximate surface area is 155 Å². The molecule has 1 fully saturated rings. The largest absolute Gasteiger partial charge is 0.496 e. The standard InChI is InChI=1S/C19H27NO5S/c1-14(21)15-9-10-18(25-2)16(11-15)12-26(23,24)13-19(22)20-17-7-5-3-4-6-8-17/h9-11,17H,3-8,12-13H2,1-2H3,(H,20,22). The Bertz CT molecular complexity index is 749. The van der Waals surface area contributed by atoms with Crippen LogP contribution in [0.3, 0.4) is 0 Å². The van der Waals surface area contributed by atoms with E-state index in [-0.39, 0.29) is 17.6 Å². The number of amides is 1. The minimum absolute atomic E-state index is 0.0655. The van der Waals surface area contributed by atoms with E-state index in [0.29, 0.717) is 16.9 Å². The van der Waals surface area contributed by atoms with Crippen molar-refractivity contribution in [2.24, 2.45) is 0 Å². The maximum Gasteiger partial charge on any atom is 0.235 e. The van der Waals surface area contributed by atoms with Gasteiger partial charge in [0.1, 0.15) is 11.5 Å². The number of rotatable bonds is 7. The molecule has 6 nitrogen and oxygen atoms in total. The van der Waals surface area contributed by atoms with Gasteiger partial charge in [-0.15, -0.1) is 0 Å². The number of hydrogen-bond acceptors (Lipinski definition) is 5. The maximum absolute atomic E-state index is 12.5. The topological polar surface area (TPSA) is 89.5 Å². The molecule has 1 aromatic carbocycles. The molecule has 0 aromatic heterocycles. The number of ketones is 1. The van der Waals surface area contributed by atoms with Crippen LogP contribution >= 0.6 is 0 Å². The Hall–Kier alpha value is -1.89. The highest BCUT2D eigenvalue weighted by atomic mass is 32.2. The van der Waals surface area contributed by atoms with Gasteiger partial charge >= 0.3 is 0 Å². The second-order valence-corrected chi connectivity index (χ2v) is 8.94. The lowest BCUT2D eigenvalue weighted by Gasteiger charge is -2.16. The smallest absolute Gasteiger partial charge is 0.235 e. The van der Waals surface area contributed by atoms with E-state index in [1.165, 1.54) is 20.1 Å². The van der Waals surface area contributed by atoms with Crippen LogP contribution in [0.5, 0.6) is 5.75 Å². The summed E-state index contributed by atoms with van der Waals surface area (Å²) in [5.41, 5.74) is 0.807. The average Bonchev–Trinajstić information content (AvgIpc) is 2.82. The molecule has 0 aliphatic heterocycles. The van der Waals surface area contributed by atoms with Gasteiger partial charge in [-0.1, -0.05) is 25.7 Å². The molecule has 0 radical (unpaired) electrons. The number of hydrogen-bond donors (Lipinski definition) is 1. The van der Waals surface area contributed by atoms with Crippen LogP contribution in [-0.2, 0) is 20.4 Å². The Kier molecular flexibility index (Phi) is 7.20. The lowest BCUT2D eigenvalue weighted by molar-refractivity contribution is -0.119. The molecule has 7 heteroatoms. The first-order valence-electron chi connectivity index (χ1n) is 8.98. The lowest BCUT2D eigenvalue weighted by atomic mass is 10.1. The zero-order valence-corrected chi connectivity index (χ0v) is 16.2. The minimum atomic E-state index is -3.67. The highest BCUT2D eigenvalue weighted by Crippen LogP contribution is 2.23. The molecule has 1 amide bonds. The third-order valence-electron chi connectivity index (χ3n) is 4.63. The molecule has 0 spiro atoms. The monoisotopic (exact) mass is 381 g/mol. The first-order valence-corrected chi connectivity index (χ1v) is 10.8. The van der Waals surface area contributed by atoms with E-state index < -0.39 is 21.5 Å². The van der Waals surface area contributed by atoms with Crippen molar-refractivity contribution >= 4 is 21.5 Å². The first kappa shape index (κ1) is 20.4. The fourth-order valence-electron chi connectivity index (χ4n) is 3.29. The van der Waals surface area contributed by atoms with Gasteiger partial charge < -0.3 is 10.1 Å². The Morgan fingerprint density at radius 1 is 1.15 bits per heavy atom. The molecule has 1 saturated carbocycles. The molecular formula is C19H27NO5S. The number of benzene rings is 1. The number of carbonyl (C=O) groups excluding carboxylic acids is 2. The molecule has 1 aromatic rings. The second-order valence-electron chi connectivity index (χ2n) is 6.87. The highest BCUT2D eigenvalue weighted by molar-refractivity contribution is 7.91. The summed E-state index contributed by atoms with van der Waals surface area (Å²) in [6.45, 7) is 1.42. The summed E-state index contributed by atoms with van der Waals surface area (Å²) in [7, 11) is -2.23. The van der Waals surface area contributed by atoms with Crippen molar-refractivity contribution in [2.45, 2.75) is 57.2 Å². The van der Waals surface area contributed by atoms with E-state index in [1.807, 2.05) is 0 Å². The van der Waals surface area contributed by atoms with E-state index in [2.05, 4.69) is 5.32 Å². The lowest BCUT2D eigenvalue weighted by Crippen LogP contribution is -2.38. The predicted molar refractivity (Wildman–Crippen MR) is 100 cm³/mol. The third kappa shape index (κ3) is 6.12. The van der Waals surface area contributed by atoms with E-state index in [4.69, 9.17) is 4.74 Å². The summed E-state index contributed by atoms with van der Waals surface area (Å²) < 4.78 is 30.1. The van der Waals surface area contributed by atoms with Crippen LogP contribution in [-0.4, -0.2) is 39.0 Å². The summed E-state index contributed by atoms with van der Waals surface area (Å²) in [6.07, 6.45) is 6.26. The number of Topliss-reactive ketones (excluding diaryl/α,β-unsaturated/α-hetero) is 1. The van der Waals surface area contributed by atoms with Crippen LogP contribution in [0.4, 0.5) is 0 Å². The van der Waals surface area contributed by atoms with Gasteiger partial charge in [0.2, 0.25) is 5.91 Å². The molecule has 26 heavy (non-hydrogen) atoms. The van der Waals surface area contributed by atoms with E-state index in [1.54, 1.807) is 12.1 Å². The van der Waals surface area contributed by atoms with Gasteiger partial charge in [-0.25, -0.2) is 8.42 Å². The van der Waals surface area contributed by atoms with Gasteiger partial charge in [0.15, 0.2) is 15.6 Å². The normalized spacial score (nSPS) is 15.9. The minimum Gasteiger partial charge on any atom is -0.496 e. The van der Waals surface area contributed by atoms with Gasteiger partial charge in [-0.2, -0.15) is 0 Å². The van der Waals surface area contributed by atoms with Crippen molar-refractivity contribution in [1.82, 2.24) is 5.32 Å². The van der Waals surface area contributed by atoms with Crippen molar-refractivity contribution in [3.05, 3.63) is 29.3 Å². The maximum atomic E-state index is 12.5. The molecule has 0 heterocycles. The van der Waals surface area contributed by atoms with Gasteiger partial charge in [0.05, 0.1) is 12.9 Å². The zero-order valence-electron chi connectivity index (χ0n) is 15.4. The van der Waals surface area contributed by atoms with Crippen molar-refractivity contribution in [3.63, 3.8) is 0 Å². The quantitative estimate of drug-likeness (QED) is 0.579. The number of sulfone groups is 1. The molecule has 2 rings (SSSR count). The molecule has 1 aliphatic carbocycles. The Morgan fingerprint density at radius 3 is 2.38 bits per heavy atom. The van der Waals surface area contributed by atoms with Gasteiger partial charge in [0, 0.05) is 17.2 Å². The Morgan fingerprint density at radius 2 is 1.81 bits per heavy atom. The van der Waals surface area contributed by atoms with Crippen molar-refractivity contribution in [2.75, 3.05) is 12.9 Å². The summed E-state index contributed by atoms with van der Waals surface area (Å²) in [5.74, 6) is -1.12. The number of ether oxygens (including phenoxy) is 1. The van der Waals surface area contributed by atoms with Crippen molar-refractivity contribution in [1.29, 1.82) is 0 Å². The Balaban J connectivity index is 2.04. The van der Waals surface area contributed by atoms with Crippen LogP contribution in [0, 0.1) is 0 Å². The molecule has 1 N–H and O–H groups in total. The molecule has 0 bridgehead atoms. The van der Waals surface area contributed by atoms with E-state index in [0.717, 1.165) is 38.5 Å². The summed E-state index contributed by atoms with van der Waals surface area (Å²) in [4.78, 5) is 23.7. The fourth-order valence-corrected chi connectivity index (χ4v) is 4.58. The number of methoxy groups -OCH3 is 1. The number of nitrogens with one attached hydrogen (secondary N) is 1. The van der Waals surface area contributed by atoms with Crippen molar-refractivity contribution in [3.8, 4) is 5.75 Å². The van der Waals surface area contributed by atoms with Crippen LogP contribution in [0.1, 0.15) is 61.4 Å². The second kappa shape index (κ2) is 9.16. The third-order valence-corrected chi connectivity index (χ3v) is 6.09. The van der Waals surface area contributed by atoms with Gasteiger partial charge in [-0.3, -0.25) is 9.59 Å². The number of carbonyl (C=O) groups is 2. The van der Waals surface area contributed by atoms with Crippen LogP contribution in [0.2, 0.25) is 0 Å². The van der Waals surface area contributed by atoms with Crippen LogP contribution in [0.15, 0.2) is 18.2 Å². The van der Waals surface area contributed by atoms with Crippen molar-refractivity contribution < 1.29 is 22.7 Å². The average molecular weight is 381 g/mol. The van der Waals surface area contributed by atoms with E-state index >= 15 is 0 Å². The van der Waals surface area contributed by atoms with Crippen LogP contribution in [0.25, 0.3) is 0 Å². The molecule has 0 unspecified atom stereocenters. The molecule has 0 atom stereocenters. The zero-order chi connectivity index (χ0) is 19.2. The first-order chi connectivity index (χ1) is 12.3. The molecule has 144 valence electrons. The summed E-state index contributed by atoms with van der Waals surface area (Å²) in [6, 6.07) is 4.75. The summed E-state index contributed by atoms with van der Waals surface area (Å²) >= 11 is 0.